The van der Waals surface area contributed by atoms with Gasteiger partial charge in [-0.2, -0.15) is 11.8 Å². The molecule has 0 aliphatic carbocycles. The molecule has 3 atom stereocenters. The van der Waals surface area contributed by atoms with Crippen LogP contribution in [0.15, 0.2) is 30.3 Å². The molecule has 1 fully saturated rings. The predicted molar refractivity (Wildman–Crippen MR) is 85.7 cm³/mol. The monoisotopic (exact) mass is 292 g/mol. The van der Waals surface area contributed by atoms with Gasteiger partial charge in [-0.05, 0) is 25.2 Å². The molecule has 20 heavy (non-hydrogen) atoms. The van der Waals surface area contributed by atoms with E-state index in [0.29, 0.717) is 5.25 Å². The van der Waals surface area contributed by atoms with Gasteiger partial charge in [-0.25, -0.2) is 0 Å². The van der Waals surface area contributed by atoms with Gasteiger partial charge in [0.15, 0.2) is 0 Å². The van der Waals surface area contributed by atoms with E-state index in [0.717, 1.165) is 18.5 Å². The fourth-order valence-corrected chi connectivity index (χ4v) is 2.88. The van der Waals surface area contributed by atoms with Gasteiger partial charge in [0.1, 0.15) is 6.17 Å². The number of hydrogen-bond acceptors (Lipinski definition) is 3. The predicted octanol–water partition coefficient (Wildman–Crippen LogP) is 3.04. The van der Waals surface area contributed by atoms with Gasteiger partial charge in [0.2, 0.25) is 5.91 Å². The van der Waals surface area contributed by atoms with E-state index in [2.05, 4.69) is 37.6 Å². The Morgan fingerprint density at radius 3 is 2.60 bits per heavy atom. The standard InChI is InChI=1S/C16H24N2OS/c1-5-16(3)15(19)18(11-12(2)20-4)14(17-16)13-9-7-6-8-10-13/h6-10,12,14,17H,5,11H2,1-4H3. The fourth-order valence-electron chi connectivity index (χ4n) is 2.57. The van der Waals surface area contributed by atoms with Crippen molar-refractivity contribution >= 4 is 17.7 Å². The Hall–Kier alpha value is -1.00. The van der Waals surface area contributed by atoms with Crippen LogP contribution in [-0.2, 0) is 4.79 Å². The second-order valence-corrected chi connectivity index (χ2v) is 6.92. The largest absolute Gasteiger partial charge is 0.320 e. The summed E-state index contributed by atoms with van der Waals surface area (Å²) in [6.45, 7) is 7.02. The Morgan fingerprint density at radius 2 is 2.05 bits per heavy atom. The van der Waals surface area contributed by atoms with E-state index < -0.39 is 5.54 Å². The maximum atomic E-state index is 12.7. The summed E-state index contributed by atoms with van der Waals surface area (Å²) in [6.07, 6.45) is 2.89. The molecule has 0 spiro atoms. The first-order chi connectivity index (χ1) is 9.51. The lowest BCUT2D eigenvalue weighted by atomic mass is 9.99. The highest BCUT2D eigenvalue weighted by molar-refractivity contribution is 7.99. The number of thioether (sulfide) groups is 1. The van der Waals surface area contributed by atoms with Crippen LogP contribution in [0.3, 0.4) is 0 Å². The molecule has 2 rings (SSSR count). The number of carbonyl (C=O) groups excluding carboxylic acids is 1. The molecule has 0 radical (unpaired) electrons. The van der Waals surface area contributed by atoms with Crippen LogP contribution in [0.2, 0.25) is 0 Å². The summed E-state index contributed by atoms with van der Waals surface area (Å²) in [5, 5.41) is 3.97. The fraction of sp³-hybridized carbons (Fsp3) is 0.562. The summed E-state index contributed by atoms with van der Waals surface area (Å²) in [4.78, 5) is 14.7. The zero-order chi connectivity index (χ0) is 14.8. The second-order valence-electron chi connectivity index (χ2n) is 5.65. The van der Waals surface area contributed by atoms with Gasteiger partial charge in [-0.1, -0.05) is 44.2 Å². The van der Waals surface area contributed by atoms with Crippen molar-refractivity contribution in [2.75, 3.05) is 12.8 Å². The Morgan fingerprint density at radius 1 is 1.40 bits per heavy atom. The van der Waals surface area contributed by atoms with Gasteiger partial charge in [-0.3, -0.25) is 10.1 Å². The number of carbonyl (C=O) groups is 1. The first kappa shape index (κ1) is 15.4. The molecular formula is C16H24N2OS. The molecule has 110 valence electrons. The Bertz CT molecular complexity index is 465. The minimum Gasteiger partial charge on any atom is -0.320 e. The molecule has 3 nitrogen and oxygen atoms in total. The number of amides is 1. The molecule has 1 N–H and O–H groups in total. The number of rotatable bonds is 5. The van der Waals surface area contributed by atoms with Crippen molar-refractivity contribution < 1.29 is 4.79 Å². The van der Waals surface area contributed by atoms with Gasteiger partial charge >= 0.3 is 0 Å². The van der Waals surface area contributed by atoms with Gasteiger partial charge in [0.25, 0.3) is 0 Å². The average molecular weight is 292 g/mol. The highest BCUT2D eigenvalue weighted by Crippen LogP contribution is 2.33. The molecule has 1 aromatic carbocycles. The van der Waals surface area contributed by atoms with Crippen molar-refractivity contribution in [3.05, 3.63) is 35.9 Å². The quantitative estimate of drug-likeness (QED) is 0.905. The smallest absolute Gasteiger partial charge is 0.244 e. The lowest BCUT2D eigenvalue weighted by Gasteiger charge is -2.26. The third-order valence-corrected chi connectivity index (χ3v) is 5.13. The van der Waals surface area contributed by atoms with Crippen molar-refractivity contribution in [1.29, 1.82) is 0 Å². The van der Waals surface area contributed by atoms with Gasteiger partial charge in [0, 0.05) is 11.8 Å². The van der Waals surface area contributed by atoms with Crippen molar-refractivity contribution in [2.24, 2.45) is 0 Å². The molecule has 0 saturated carbocycles. The van der Waals surface area contributed by atoms with E-state index in [1.54, 1.807) is 11.8 Å². The molecule has 1 amide bonds. The molecule has 1 saturated heterocycles. The number of benzene rings is 1. The summed E-state index contributed by atoms with van der Waals surface area (Å²) >= 11 is 1.80. The molecule has 1 aromatic rings. The van der Waals surface area contributed by atoms with E-state index in [-0.39, 0.29) is 12.1 Å². The topological polar surface area (TPSA) is 32.3 Å². The van der Waals surface area contributed by atoms with Crippen LogP contribution < -0.4 is 5.32 Å². The zero-order valence-electron chi connectivity index (χ0n) is 12.7. The highest BCUT2D eigenvalue weighted by atomic mass is 32.2. The van der Waals surface area contributed by atoms with Crippen LogP contribution in [0.25, 0.3) is 0 Å². The average Bonchev–Trinajstić information content (AvgIpc) is 2.73. The van der Waals surface area contributed by atoms with Crippen molar-refractivity contribution in [1.82, 2.24) is 10.2 Å². The Labute approximate surface area is 126 Å². The summed E-state index contributed by atoms with van der Waals surface area (Å²) in [5.41, 5.74) is 0.713. The molecule has 4 heteroatoms. The van der Waals surface area contributed by atoms with Gasteiger partial charge < -0.3 is 4.90 Å². The minimum atomic E-state index is -0.446. The van der Waals surface area contributed by atoms with Crippen LogP contribution in [-0.4, -0.2) is 34.4 Å². The molecule has 1 aliphatic heterocycles. The van der Waals surface area contributed by atoms with Crippen LogP contribution in [0.5, 0.6) is 0 Å². The van der Waals surface area contributed by atoms with Gasteiger partial charge in [0.05, 0.1) is 5.54 Å². The minimum absolute atomic E-state index is 0.0109. The molecule has 1 aliphatic rings. The second kappa shape index (κ2) is 6.19. The Kier molecular flexibility index (Phi) is 4.76. The maximum Gasteiger partial charge on any atom is 0.244 e. The van der Waals surface area contributed by atoms with Crippen molar-refractivity contribution in [3.63, 3.8) is 0 Å². The maximum absolute atomic E-state index is 12.7. The molecule has 0 aromatic heterocycles. The van der Waals surface area contributed by atoms with E-state index in [4.69, 9.17) is 0 Å². The third-order valence-electron chi connectivity index (χ3n) is 4.18. The molecular weight excluding hydrogens is 268 g/mol. The van der Waals surface area contributed by atoms with E-state index in [9.17, 15) is 4.79 Å². The van der Waals surface area contributed by atoms with Crippen LogP contribution in [0.4, 0.5) is 0 Å². The number of nitrogens with one attached hydrogen (secondary N) is 1. The zero-order valence-corrected chi connectivity index (χ0v) is 13.5. The van der Waals surface area contributed by atoms with E-state index in [1.165, 1.54) is 0 Å². The lowest BCUT2D eigenvalue weighted by molar-refractivity contribution is -0.133. The SMILES string of the molecule is CCC1(C)NC(c2ccccc2)N(CC(C)SC)C1=O. The summed E-state index contributed by atoms with van der Waals surface area (Å²) < 4.78 is 0. The van der Waals surface area contributed by atoms with E-state index >= 15 is 0 Å². The summed E-state index contributed by atoms with van der Waals surface area (Å²) in [6, 6.07) is 10.2. The first-order valence-corrected chi connectivity index (χ1v) is 8.47. The normalized spacial score (nSPS) is 27.9. The van der Waals surface area contributed by atoms with Crippen LogP contribution >= 0.6 is 11.8 Å². The summed E-state index contributed by atoms with van der Waals surface area (Å²) in [5.74, 6) is 0.217. The first-order valence-electron chi connectivity index (χ1n) is 7.18. The lowest BCUT2D eigenvalue weighted by Crippen LogP contribution is -2.43. The van der Waals surface area contributed by atoms with Crippen molar-refractivity contribution in [3.8, 4) is 0 Å². The number of nitrogens with zero attached hydrogens (tertiary/aromatic N) is 1. The number of hydrogen-bond donors (Lipinski definition) is 1. The molecule has 1 heterocycles. The van der Waals surface area contributed by atoms with E-state index in [1.807, 2.05) is 30.0 Å². The highest BCUT2D eigenvalue weighted by Gasteiger charge is 2.47. The molecule has 3 unspecified atom stereocenters. The van der Waals surface area contributed by atoms with Crippen molar-refractivity contribution in [2.45, 2.75) is 44.1 Å². The van der Waals surface area contributed by atoms with Gasteiger partial charge in [-0.15, -0.1) is 0 Å². The van der Waals surface area contributed by atoms with Crippen LogP contribution in [0.1, 0.15) is 38.9 Å². The Balaban J connectivity index is 2.30. The van der Waals surface area contributed by atoms with Crippen LogP contribution in [0, 0.1) is 0 Å². The summed E-state index contributed by atoms with van der Waals surface area (Å²) in [7, 11) is 0. The molecule has 0 bridgehead atoms. The third kappa shape index (κ3) is 2.86.